The zero-order valence-corrected chi connectivity index (χ0v) is 21.0. The molecule has 0 heterocycles. The topological polar surface area (TPSA) is 17.1 Å². The fraction of sp³-hybridized carbons (Fsp3) is 0.0714. The molecule has 0 aliphatic rings. The van der Waals surface area contributed by atoms with Crippen LogP contribution in [0.1, 0.15) is 11.1 Å². The van der Waals surface area contributed by atoms with Crippen LogP contribution in [0.15, 0.2) is 84.9 Å². The van der Waals surface area contributed by atoms with Crippen LogP contribution < -0.4 is 5.46 Å². The molecule has 0 saturated carbocycles. The van der Waals surface area contributed by atoms with Crippen molar-refractivity contribution < 1.29 is 39.1 Å². The fourth-order valence-electron chi connectivity index (χ4n) is 3.38. The summed E-state index contributed by atoms with van der Waals surface area (Å²) in [6, 6.07) is 28.1. The Hall–Kier alpha value is -3.91. The second kappa shape index (κ2) is 12.3. The van der Waals surface area contributed by atoms with Gasteiger partial charge in [-0.2, -0.15) is 0 Å². The Labute approximate surface area is 221 Å². The highest BCUT2D eigenvalue weighted by Crippen LogP contribution is 2.22. The van der Waals surface area contributed by atoms with Crippen molar-refractivity contribution >= 4 is 22.4 Å². The van der Waals surface area contributed by atoms with Gasteiger partial charge in [-0.05, 0) is 34.6 Å². The Morgan fingerprint density at radius 2 is 1.08 bits per heavy atom. The molecule has 0 fully saturated rings. The Kier molecular flexibility index (Phi) is 9.35. The molecule has 0 amide bonds. The van der Waals surface area contributed by atoms with E-state index < -0.39 is 51.5 Å². The maximum Gasteiger partial charge on any atom is 0.515 e. The largest absolute Gasteiger partial charge is 0.515 e. The number of benzene rings is 4. The van der Waals surface area contributed by atoms with Crippen molar-refractivity contribution in [1.29, 1.82) is 0 Å². The molecular formula is C28H19BF8OS. The Morgan fingerprint density at radius 3 is 1.56 bits per heavy atom. The minimum Gasteiger partial charge on any atom is -0.445 e. The Morgan fingerprint density at radius 1 is 0.641 bits per heavy atom. The quantitative estimate of drug-likeness (QED) is 0.0628. The predicted molar refractivity (Wildman–Crippen MR) is 138 cm³/mol. The van der Waals surface area contributed by atoms with E-state index in [1.54, 1.807) is 6.26 Å². The normalized spacial score (nSPS) is 12.4. The highest BCUT2D eigenvalue weighted by atomic mass is 32.2. The van der Waals surface area contributed by atoms with Crippen LogP contribution in [0.4, 0.5) is 34.9 Å². The lowest BCUT2D eigenvalue weighted by molar-refractivity contribution is 0.377. The molecule has 1 atom stereocenters. The van der Waals surface area contributed by atoms with Gasteiger partial charge in [-0.1, -0.05) is 77.0 Å². The molecule has 39 heavy (non-hydrogen) atoms. The van der Waals surface area contributed by atoms with Crippen LogP contribution in [0.25, 0.3) is 11.1 Å². The van der Waals surface area contributed by atoms with Crippen molar-refractivity contribution in [2.75, 3.05) is 6.26 Å². The monoisotopic (exact) mass is 566 g/mol. The van der Waals surface area contributed by atoms with Crippen LogP contribution in [0, 0.1) is 40.3 Å². The van der Waals surface area contributed by atoms with E-state index in [-0.39, 0.29) is 0 Å². The molecule has 0 aromatic heterocycles. The smallest absolute Gasteiger partial charge is 0.445 e. The van der Waals surface area contributed by atoms with Gasteiger partial charge in [0.05, 0.1) is 0 Å². The van der Waals surface area contributed by atoms with E-state index in [0.29, 0.717) is 5.75 Å². The number of hydrogen-bond donors (Lipinski definition) is 0. The molecule has 0 radical (unpaired) electrons. The van der Waals surface area contributed by atoms with Crippen molar-refractivity contribution in [3.63, 3.8) is 0 Å². The van der Waals surface area contributed by atoms with E-state index in [1.165, 1.54) is 5.56 Å². The predicted octanol–water partition coefficient (Wildman–Crippen LogP) is 7.43. The Bertz CT molecular complexity index is 1520. The van der Waals surface area contributed by atoms with Crippen LogP contribution in [0.2, 0.25) is 0 Å². The maximum absolute atomic E-state index is 12.7. The summed E-state index contributed by atoms with van der Waals surface area (Å²) in [5.41, 5.74) is 1.56. The summed E-state index contributed by atoms with van der Waals surface area (Å²) in [6.07, 6.45) is 1.73. The first-order chi connectivity index (χ1) is 18.3. The van der Waals surface area contributed by atoms with E-state index in [1.807, 2.05) is 60.7 Å². The van der Waals surface area contributed by atoms with Gasteiger partial charge in [0.15, 0.2) is 32.6 Å². The Balaban J connectivity index is 0.000000242. The molecule has 4 aromatic carbocycles. The van der Waals surface area contributed by atoms with Crippen LogP contribution in [0.5, 0.6) is 0 Å². The standard InChI is InChI=1S/C22H19OS.C6BF8/c1-24(23,17-16-19-8-4-2-5-9-19)18-20-12-14-22(15-13-20)21-10-6-3-7-11-21;8-2-1(7(13,14)15)3(9)5(11)6(12)4(2)10/h2-15H,18H2,1H3;/q+1;-1. The van der Waals surface area contributed by atoms with Gasteiger partial charge in [0, 0.05) is 11.1 Å². The molecule has 11 heteroatoms. The summed E-state index contributed by atoms with van der Waals surface area (Å²) in [4.78, 5) is 0. The van der Waals surface area contributed by atoms with Crippen LogP contribution in [-0.2, 0) is 19.9 Å². The summed E-state index contributed by atoms with van der Waals surface area (Å²) < 4.78 is 110. The molecule has 0 saturated heterocycles. The summed E-state index contributed by atoms with van der Waals surface area (Å²) >= 11 is 0. The van der Waals surface area contributed by atoms with Crippen molar-refractivity contribution in [1.82, 2.24) is 0 Å². The van der Waals surface area contributed by atoms with Gasteiger partial charge < -0.3 is 12.9 Å². The summed E-state index contributed by atoms with van der Waals surface area (Å²) in [5.74, 6) is -10.1. The number of hydrogen-bond acceptors (Lipinski definition) is 1. The SMILES string of the molecule is C[S+](=O)(C#Cc1ccccc1)Cc1ccc(-c2ccccc2)cc1.Fc1c(F)c(F)c([B-](F)(F)F)c(F)c1F. The minimum atomic E-state index is -6.30. The molecule has 1 unspecified atom stereocenters. The van der Waals surface area contributed by atoms with Crippen molar-refractivity contribution in [2.45, 2.75) is 5.75 Å². The molecule has 0 aliphatic heterocycles. The minimum absolute atomic E-state index is 0.474. The molecule has 1 nitrogen and oxygen atoms in total. The zero-order chi connectivity index (χ0) is 28.8. The fourth-order valence-corrected chi connectivity index (χ4v) is 4.61. The van der Waals surface area contributed by atoms with E-state index in [9.17, 15) is 39.1 Å². The summed E-state index contributed by atoms with van der Waals surface area (Å²) in [6.45, 7) is -6.30. The molecular weight excluding hydrogens is 547 g/mol. The van der Waals surface area contributed by atoms with Crippen molar-refractivity contribution in [2.24, 2.45) is 0 Å². The number of rotatable bonds is 4. The van der Waals surface area contributed by atoms with Crippen LogP contribution in [0.3, 0.4) is 0 Å². The summed E-state index contributed by atoms with van der Waals surface area (Å²) in [7, 11) is -2.22. The van der Waals surface area contributed by atoms with E-state index in [2.05, 4.69) is 35.4 Å². The molecule has 0 N–H and O–H groups in total. The van der Waals surface area contributed by atoms with Crippen LogP contribution in [-0.4, -0.2) is 13.2 Å². The average Bonchev–Trinajstić information content (AvgIpc) is 2.91. The van der Waals surface area contributed by atoms with Crippen LogP contribution >= 0.6 is 0 Å². The second-order valence-electron chi connectivity index (χ2n) is 8.36. The zero-order valence-electron chi connectivity index (χ0n) is 20.2. The molecule has 0 spiro atoms. The average molecular weight is 566 g/mol. The third kappa shape index (κ3) is 7.80. The highest BCUT2D eigenvalue weighted by Gasteiger charge is 2.37. The van der Waals surface area contributed by atoms with Gasteiger partial charge in [0.25, 0.3) is 0 Å². The lowest BCUT2D eigenvalue weighted by Crippen LogP contribution is -2.41. The van der Waals surface area contributed by atoms with E-state index in [0.717, 1.165) is 16.7 Å². The lowest BCUT2D eigenvalue weighted by atomic mass is 9.79. The first-order valence-corrected chi connectivity index (χ1v) is 13.3. The van der Waals surface area contributed by atoms with Crippen molar-refractivity contribution in [3.05, 3.63) is 125 Å². The maximum atomic E-state index is 12.7. The molecule has 4 rings (SSSR count). The second-order valence-corrected chi connectivity index (χ2v) is 10.9. The summed E-state index contributed by atoms with van der Waals surface area (Å²) in [5, 5.41) is 2.95. The van der Waals surface area contributed by atoms with Crippen molar-refractivity contribution in [3.8, 4) is 22.3 Å². The molecule has 202 valence electrons. The van der Waals surface area contributed by atoms with Gasteiger partial charge in [0.1, 0.15) is 23.6 Å². The lowest BCUT2D eigenvalue weighted by Gasteiger charge is -2.17. The number of halogens is 8. The van der Waals surface area contributed by atoms with Gasteiger partial charge in [-0.15, -0.1) is 0 Å². The first kappa shape index (κ1) is 29.6. The van der Waals surface area contributed by atoms with Gasteiger partial charge in [-0.3, -0.25) is 0 Å². The van der Waals surface area contributed by atoms with E-state index in [4.69, 9.17) is 0 Å². The highest BCUT2D eigenvalue weighted by molar-refractivity contribution is 8.05. The van der Waals surface area contributed by atoms with Gasteiger partial charge in [-0.25, -0.2) is 22.0 Å². The van der Waals surface area contributed by atoms with Gasteiger partial charge >= 0.3 is 6.98 Å². The molecule has 0 aliphatic carbocycles. The third-order valence-corrected chi connectivity index (χ3v) is 6.68. The third-order valence-electron chi connectivity index (χ3n) is 5.26. The molecule has 0 bridgehead atoms. The molecule has 4 aromatic rings. The van der Waals surface area contributed by atoms with E-state index >= 15 is 0 Å². The first-order valence-electron chi connectivity index (χ1n) is 11.2. The van der Waals surface area contributed by atoms with Gasteiger partial charge in [0.2, 0.25) is 0 Å².